The van der Waals surface area contributed by atoms with Crippen LogP contribution in [0.5, 0.6) is 0 Å². The van der Waals surface area contributed by atoms with Crippen molar-refractivity contribution in [3.63, 3.8) is 0 Å². The van der Waals surface area contributed by atoms with Crippen molar-refractivity contribution in [2.45, 2.75) is 30.6 Å². The Hall–Kier alpha value is -0.0600. The molecule has 2 nitrogen and oxygen atoms in total. The fraction of sp³-hybridized carbons (Fsp3) is 0.571. The number of hydrogen-bond donors (Lipinski definition) is 2. The Bertz CT molecular complexity index is 245. The van der Waals surface area contributed by atoms with Crippen molar-refractivity contribution in [1.29, 1.82) is 0 Å². The van der Waals surface area contributed by atoms with Crippen LogP contribution in [0.1, 0.15) is 30.5 Å². The number of aliphatic hydroxyl groups is 1. The number of aliphatic hydroxyl groups excluding tert-OH is 1. The van der Waals surface area contributed by atoms with E-state index in [4.69, 9.17) is 5.11 Å². The Balaban J connectivity index is 2.95. The van der Waals surface area contributed by atoms with Crippen molar-refractivity contribution < 1.29 is 5.11 Å². The molecule has 0 aliphatic carbocycles. The molecular weight excluding hydrogens is 178 g/mol. The molecule has 0 radical (unpaired) electrons. The van der Waals surface area contributed by atoms with Crippen LogP contribution < -0.4 is 0 Å². The van der Waals surface area contributed by atoms with Crippen LogP contribution in [0.25, 0.3) is 0 Å². The third-order valence-electron chi connectivity index (χ3n) is 1.34. The summed E-state index contributed by atoms with van der Waals surface area (Å²) in [5.41, 5.74) is 0.696. The molecule has 0 bridgehead atoms. The van der Waals surface area contributed by atoms with Gasteiger partial charge in [-0.1, -0.05) is 13.8 Å². The summed E-state index contributed by atoms with van der Waals surface area (Å²) in [5.74, 6) is 0.422. The zero-order valence-corrected chi connectivity index (χ0v) is 8.25. The summed E-state index contributed by atoms with van der Waals surface area (Å²) in [6, 6.07) is 0. The maximum Gasteiger partial charge on any atom is 0.0966 e. The van der Waals surface area contributed by atoms with Gasteiger partial charge in [0.05, 0.1) is 21.5 Å². The molecule has 62 valence electrons. The van der Waals surface area contributed by atoms with E-state index in [0.29, 0.717) is 11.6 Å². The molecule has 0 fully saturated rings. The van der Waals surface area contributed by atoms with Gasteiger partial charge in [0.25, 0.3) is 0 Å². The van der Waals surface area contributed by atoms with Crippen LogP contribution in [0.4, 0.5) is 0 Å². The van der Waals surface area contributed by atoms with Crippen LogP contribution >= 0.6 is 24.0 Å². The van der Waals surface area contributed by atoms with Crippen molar-refractivity contribution in [3.05, 3.63) is 10.7 Å². The molecule has 0 aliphatic heterocycles. The van der Waals surface area contributed by atoms with Crippen LogP contribution in [0.2, 0.25) is 0 Å². The summed E-state index contributed by atoms with van der Waals surface area (Å²) in [4.78, 5) is 4.22. The van der Waals surface area contributed by atoms with Crippen LogP contribution in [-0.4, -0.2) is 10.1 Å². The molecule has 0 saturated heterocycles. The summed E-state index contributed by atoms with van der Waals surface area (Å²) in [7, 11) is 0. The molecule has 4 heteroatoms. The number of aromatic nitrogens is 1. The number of hydrogen-bond acceptors (Lipinski definition) is 4. The maximum absolute atomic E-state index is 8.81. The topological polar surface area (TPSA) is 33.1 Å². The molecule has 0 aliphatic rings. The normalized spacial score (nSPS) is 11.0. The number of thiol groups is 1. The second-order valence-corrected chi connectivity index (χ2v) is 4.40. The second kappa shape index (κ2) is 3.56. The molecule has 1 aromatic heterocycles. The number of rotatable bonds is 2. The lowest BCUT2D eigenvalue weighted by Gasteiger charge is -1.94. The first kappa shape index (κ1) is 9.03. The molecule has 0 aromatic carbocycles. The van der Waals surface area contributed by atoms with Gasteiger partial charge in [0.1, 0.15) is 0 Å². The van der Waals surface area contributed by atoms with Crippen molar-refractivity contribution in [1.82, 2.24) is 4.98 Å². The fourth-order valence-corrected chi connectivity index (χ4v) is 1.93. The Morgan fingerprint density at radius 2 is 2.27 bits per heavy atom. The quantitative estimate of drug-likeness (QED) is 0.698. The maximum atomic E-state index is 8.81. The van der Waals surface area contributed by atoms with Crippen LogP contribution in [0, 0.1) is 0 Å². The summed E-state index contributed by atoms with van der Waals surface area (Å²) in [5, 5.41) is 9.85. The highest BCUT2D eigenvalue weighted by Gasteiger charge is 2.09. The Labute approximate surface area is 75.7 Å². The van der Waals surface area contributed by atoms with Gasteiger partial charge in [-0.3, -0.25) is 0 Å². The molecule has 11 heavy (non-hydrogen) atoms. The Morgan fingerprint density at radius 3 is 2.55 bits per heavy atom. The Kier molecular flexibility index (Phi) is 2.92. The molecule has 0 spiro atoms. The van der Waals surface area contributed by atoms with Gasteiger partial charge in [0.2, 0.25) is 0 Å². The average molecular weight is 189 g/mol. The second-order valence-electron chi connectivity index (χ2n) is 2.62. The average Bonchev–Trinajstić information content (AvgIpc) is 2.31. The van der Waals surface area contributed by atoms with E-state index in [9.17, 15) is 0 Å². The van der Waals surface area contributed by atoms with Crippen LogP contribution in [-0.2, 0) is 6.61 Å². The zero-order chi connectivity index (χ0) is 8.43. The molecule has 0 amide bonds. The van der Waals surface area contributed by atoms with Gasteiger partial charge in [-0.2, -0.15) is 0 Å². The van der Waals surface area contributed by atoms with Crippen molar-refractivity contribution in [3.8, 4) is 0 Å². The summed E-state index contributed by atoms with van der Waals surface area (Å²) >= 11 is 5.73. The lowest BCUT2D eigenvalue weighted by atomic mass is 10.2. The van der Waals surface area contributed by atoms with Crippen LogP contribution in [0.3, 0.4) is 0 Å². The van der Waals surface area contributed by atoms with E-state index in [2.05, 4.69) is 31.5 Å². The lowest BCUT2D eigenvalue weighted by Crippen LogP contribution is -1.88. The van der Waals surface area contributed by atoms with E-state index < -0.39 is 0 Å². The fourth-order valence-electron chi connectivity index (χ4n) is 0.712. The van der Waals surface area contributed by atoms with Crippen molar-refractivity contribution in [2.24, 2.45) is 0 Å². The molecule has 1 N–H and O–H groups in total. The van der Waals surface area contributed by atoms with Gasteiger partial charge in [0.15, 0.2) is 0 Å². The smallest absolute Gasteiger partial charge is 0.0966 e. The van der Waals surface area contributed by atoms with Gasteiger partial charge in [-0.15, -0.1) is 24.0 Å². The number of nitrogens with zero attached hydrogens (tertiary/aromatic N) is 1. The van der Waals surface area contributed by atoms with Gasteiger partial charge in [-0.25, -0.2) is 4.98 Å². The van der Waals surface area contributed by atoms with Gasteiger partial charge >= 0.3 is 0 Å². The standard InChI is InChI=1S/C7H11NOS2/c1-4(2)6-8-5(3-9)7(10)11-6/h4,9-10H,3H2,1-2H3. The lowest BCUT2D eigenvalue weighted by molar-refractivity contribution is 0.274. The monoisotopic (exact) mass is 189 g/mol. The van der Waals surface area contributed by atoms with Crippen molar-refractivity contribution in [2.75, 3.05) is 0 Å². The van der Waals surface area contributed by atoms with E-state index in [1.807, 2.05) is 0 Å². The molecule has 1 rings (SSSR count). The highest BCUT2D eigenvalue weighted by molar-refractivity contribution is 7.82. The summed E-state index contributed by atoms with van der Waals surface area (Å²) in [6.07, 6.45) is 0. The minimum Gasteiger partial charge on any atom is -0.390 e. The molecule has 1 heterocycles. The van der Waals surface area contributed by atoms with E-state index >= 15 is 0 Å². The van der Waals surface area contributed by atoms with Crippen LogP contribution in [0.15, 0.2) is 4.21 Å². The summed E-state index contributed by atoms with van der Waals surface area (Å²) < 4.78 is 0.830. The van der Waals surface area contributed by atoms with E-state index in [1.165, 1.54) is 0 Å². The third-order valence-corrected chi connectivity index (χ3v) is 3.07. The predicted molar refractivity (Wildman–Crippen MR) is 49.4 cm³/mol. The molecule has 0 unspecified atom stereocenters. The third kappa shape index (κ3) is 1.95. The predicted octanol–water partition coefficient (Wildman–Crippen LogP) is 2.05. The molecular formula is C7H11NOS2. The van der Waals surface area contributed by atoms with E-state index in [0.717, 1.165) is 9.22 Å². The minimum atomic E-state index is -0.0119. The molecule has 0 atom stereocenters. The van der Waals surface area contributed by atoms with Crippen molar-refractivity contribution >= 4 is 24.0 Å². The first-order valence-corrected chi connectivity index (χ1v) is 4.71. The first-order chi connectivity index (χ1) is 5.15. The van der Waals surface area contributed by atoms with E-state index in [-0.39, 0.29) is 6.61 Å². The molecule has 1 aromatic rings. The zero-order valence-electron chi connectivity index (χ0n) is 6.53. The minimum absolute atomic E-state index is 0.0119. The first-order valence-electron chi connectivity index (χ1n) is 3.44. The Morgan fingerprint density at radius 1 is 1.64 bits per heavy atom. The largest absolute Gasteiger partial charge is 0.390 e. The van der Waals surface area contributed by atoms with Gasteiger partial charge < -0.3 is 5.11 Å². The highest BCUT2D eigenvalue weighted by atomic mass is 32.2. The SMILES string of the molecule is CC(C)c1nc(CO)c(S)s1. The van der Waals surface area contributed by atoms with Gasteiger partial charge in [-0.05, 0) is 0 Å². The number of thiazole rings is 1. The molecule has 0 saturated carbocycles. The summed E-state index contributed by atoms with van der Waals surface area (Å²) in [6.45, 7) is 4.14. The highest BCUT2D eigenvalue weighted by Crippen LogP contribution is 2.27. The van der Waals surface area contributed by atoms with Gasteiger partial charge in [0, 0.05) is 5.92 Å². The van der Waals surface area contributed by atoms with E-state index in [1.54, 1.807) is 11.3 Å².